The van der Waals surface area contributed by atoms with Gasteiger partial charge in [0.25, 0.3) is 0 Å². The van der Waals surface area contributed by atoms with E-state index in [-0.39, 0.29) is 29.3 Å². The highest BCUT2D eigenvalue weighted by Gasteiger charge is 2.31. The van der Waals surface area contributed by atoms with Gasteiger partial charge in [0.2, 0.25) is 0 Å². The third-order valence-electron chi connectivity index (χ3n) is 5.11. The number of aromatic amines is 1. The van der Waals surface area contributed by atoms with Crippen LogP contribution in [0.15, 0.2) is 61.8 Å². The molecule has 4 aromatic rings. The van der Waals surface area contributed by atoms with Crippen LogP contribution in [0.25, 0.3) is 17.1 Å². The zero-order chi connectivity index (χ0) is 25.7. The first-order valence-corrected chi connectivity index (χ1v) is 10.7. The number of benzene rings is 1. The Kier molecular flexibility index (Phi) is 7.23. The number of rotatable bonds is 9. The average Bonchev–Trinajstić information content (AvgIpc) is 3.36. The molecular weight excluding hydrogens is 481 g/mol. The Labute approximate surface area is 202 Å². The second-order valence-corrected chi connectivity index (χ2v) is 7.73. The van der Waals surface area contributed by atoms with Crippen LogP contribution in [0.2, 0.25) is 0 Å². The van der Waals surface area contributed by atoms with Gasteiger partial charge in [-0.05, 0) is 12.1 Å². The maximum atomic E-state index is 14.1. The van der Waals surface area contributed by atoms with Gasteiger partial charge in [-0.15, -0.1) is 0 Å². The lowest BCUT2D eigenvalue weighted by Crippen LogP contribution is -2.17. The van der Waals surface area contributed by atoms with Crippen molar-refractivity contribution in [1.29, 1.82) is 0 Å². The normalized spacial score (nSPS) is 11.4. The van der Waals surface area contributed by atoms with E-state index in [0.29, 0.717) is 30.6 Å². The van der Waals surface area contributed by atoms with Crippen molar-refractivity contribution in [1.82, 2.24) is 30.2 Å². The van der Waals surface area contributed by atoms with Gasteiger partial charge < -0.3 is 15.6 Å². The van der Waals surface area contributed by atoms with Gasteiger partial charge in [0.15, 0.2) is 5.82 Å². The van der Waals surface area contributed by atoms with E-state index in [1.54, 1.807) is 12.5 Å². The molecule has 0 saturated carbocycles. The second-order valence-electron chi connectivity index (χ2n) is 7.73. The summed E-state index contributed by atoms with van der Waals surface area (Å²) in [5.41, 5.74) is 0.790. The van der Waals surface area contributed by atoms with Crippen LogP contribution in [0.3, 0.4) is 0 Å². The van der Waals surface area contributed by atoms with Gasteiger partial charge in [0, 0.05) is 61.4 Å². The van der Waals surface area contributed by atoms with E-state index in [0.717, 1.165) is 23.9 Å². The molecular formula is C24H20F5N7. The SMILES string of the molecule is C=C(NCCc1c[nH]cn1)c1cc(NCc2ccc(F)cc2F)nc(-c2cncc(C(F)(F)F)c2)n1. The molecule has 7 nitrogen and oxygen atoms in total. The molecule has 0 atom stereocenters. The van der Waals surface area contributed by atoms with Gasteiger partial charge in [-0.1, -0.05) is 12.6 Å². The number of halogens is 5. The molecule has 4 rings (SSSR count). The first-order chi connectivity index (χ1) is 17.2. The van der Waals surface area contributed by atoms with E-state index in [9.17, 15) is 22.0 Å². The van der Waals surface area contributed by atoms with E-state index in [2.05, 4.69) is 42.1 Å². The number of H-pyrrole nitrogens is 1. The van der Waals surface area contributed by atoms with Crippen molar-refractivity contribution in [3.8, 4) is 11.4 Å². The number of imidazole rings is 1. The number of nitrogens with one attached hydrogen (secondary N) is 3. The lowest BCUT2D eigenvalue weighted by molar-refractivity contribution is -0.137. The monoisotopic (exact) mass is 501 g/mol. The van der Waals surface area contributed by atoms with Crippen LogP contribution in [0.5, 0.6) is 0 Å². The number of pyridine rings is 1. The number of hydrogen-bond donors (Lipinski definition) is 3. The van der Waals surface area contributed by atoms with Crippen LogP contribution in [0, 0.1) is 11.6 Å². The minimum atomic E-state index is -4.60. The summed E-state index contributed by atoms with van der Waals surface area (Å²) in [5, 5.41) is 6.01. The standard InChI is InChI=1S/C24H20F5N7/c1-14(32-5-4-19-12-31-13-34-19)21-8-22(33-10-15-2-3-18(25)7-20(15)26)36-23(35-21)16-6-17(11-30-9-16)24(27,28)29/h2-3,6-9,11-13,32H,1,4-5,10H2,(H,31,34)(H,33,35,36). The number of anilines is 1. The van der Waals surface area contributed by atoms with Gasteiger partial charge >= 0.3 is 6.18 Å². The molecule has 186 valence electrons. The number of hydrogen-bond acceptors (Lipinski definition) is 6. The molecule has 3 N–H and O–H groups in total. The molecule has 1 aromatic carbocycles. The van der Waals surface area contributed by atoms with Crippen LogP contribution in [-0.4, -0.2) is 31.5 Å². The zero-order valence-electron chi connectivity index (χ0n) is 18.7. The molecule has 0 aliphatic rings. The highest BCUT2D eigenvalue weighted by molar-refractivity contribution is 5.66. The summed E-state index contributed by atoms with van der Waals surface area (Å²) in [4.78, 5) is 19.3. The molecule has 0 bridgehead atoms. The fourth-order valence-corrected chi connectivity index (χ4v) is 3.25. The molecule has 0 saturated heterocycles. The third kappa shape index (κ3) is 6.20. The Hall–Kier alpha value is -4.35. The Morgan fingerprint density at radius 3 is 2.61 bits per heavy atom. The molecule has 36 heavy (non-hydrogen) atoms. The zero-order valence-corrected chi connectivity index (χ0v) is 18.7. The maximum Gasteiger partial charge on any atom is 0.417 e. The van der Waals surface area contributed by atoms with Crippen molar-refractivity contribution in [3.63, 3.8) is 0 Å². The summed E-state index contributed by atoms with van der Waals surface area (Å²) < 4.78 is 66.9. The van der Waals surface area contributed by atoms with Crippen molar-refractivity contribution < 1.29 is 22.0 Å². The lowest BCUT2D eigenvalue weighted by Gasteiger charge is -2.14. The maximum absolute atomic E-state index is 14.1. The molecule has 0 spiro atoms. The largest absolute Gasteiger partial charge is 0.417 e. The molecule has 3 heterocycles. The van der Waals surface area contributed by atoms with Crippen molar-refractivity contribution in [3.05, 3.63) is 96.0 Å². The summed E-state index contributed by atoms with van der Waals surface area (Å²) in [6, 6.07) is 5.58. The minimum absolute atomic E-state index is 0.0343. The lowest BCUT2D eigenvalue weighted by atomic mass is 10.1. The fraction of sp³-hybridized carbons (Fsp3) is 0.167. The van der Waals surface area contributed by atoms with Crippen molar-refractivity contribution in [2.75, 3.05) is 11.9 Å². The van der Waals surface area contributed by atoms with Gasteiger partial charge in [-0.3, -0.25) is 4.98 Å². The highest BCUT2D eigenvalue weighted by atomic mass is 19.4. The number of alkyl halides is 3. The van der Waals surface area contributed by atoms with Gasteiger partial charge in [0.05, 0.1) is 29.0 Å². The smallest absolute Gasteiger partial charge is 0.383 e. The molecule has 0 unspecified atom stereocenters. The van der Waals surface area contributed by atoms with Gasteiger partial charge in [0.1, 0.15) is 17.5 Å². The molecule has 0 aliphatic heterocycles. The first kappa shape index (κ1) is 24.8. The van der Waals surface area contributed by atoms with Crippen molar-refractivity contribution >= 4 is 11.5 Å². The van der Waals surface area contributed by atoms with E-state index < -0.39 is 23.4 Å². The average molecular weight is 501 g/mol. The summed E-state index contributed by atoms with van der Waals surface area (Å²) in [6.45, 7) is 4.38. The Balaban J connectivity index is 1.61. The van der Waals surface area contributed by atoms with Crippen molar-refractivity contribution in [2.45, 2.75) is 19.1 Å². The Morgan fingerprint density at radius 2 is 1.89 bits per heavy atom. The fourth-order valence-electron chi connectivity index (χ4n) is 3.25. The third-order valence-corrected chi connectivity index (χ3v) is 5.11. The molecule has 0 aliphatic carbocycles. The van der Waals surface area contributed by atoms with Crippen LogP contribution in [0.1, 0.15) is 22.5 Å². The molecule has 0 amide bonds. The van der Waals surface area contributed by atoms with E-state index >= 15 is 0 Å². The predicted octanol–water partition coefficient (Wildman–Crippen LogP) is 4.97. The van der Waals surface area contributed by atoms with Crippen LogP contribution in [-0.2, 0) is 19.1 Å². The van der Waals surface area contributed by atoms with Gasteiger partial charge in [-0.25, -0.2) is 23.7 Å². The van der Waals surface area contributed by atoms with E-state index in [1.165, 1.54) is 18.3 Å². The number of nitrogens with zero attached hydrogens (tertiary/aromatic N) is 4. The van der Waals surface area contributed by atoms with E-state index in [1.807, 2.05) is 0 Å². The first-order valence-electron chi connectivity index (χ1n) is 10.7. The molecule has 3 aromatic heterocycles. The highest BCUT2D eigenvalue weighted by Crippen LogP contribution is 2.31. The summed E-state index contributed by atoms with van der Waals surface area (Å²) >= 11 is 0. The van der Waals surface area contributed by atoms with Gasteiger partial charge in [-0.2, -0.15) is 13.2 Å². The topological polar surface area (TPSA) is 91.4 Å². The quantitative estimate of drug-likeness (QED) is 0.281. The minimum Gasteiger partial charge on any atom is -0.383 e. The summed E-state index contributed by atoms with van der Waals surface area (Å²) in [5.74, 6) is -1.30. The molecule has 12 heteroatoms. The molecule has 0 fully saturated rings. The summed E-state index contributed by atoms with van der Waals surface area (Å²) in [6.07, 6.45) is 1.23. The Bertz CT molecular complexity index is 1350. The van der Waals surface area contributed by atoms with Crippen molar-refractivity contribution in [2.24, 2.45) is 0 Å². The Morgan fingerprint density at radius 1 is 1.06 bits per heavy atom. The predicted molar refractivity (Wildman–Crippen MR) is 123 cm³/mol. The second kappa shape index (κ2) is 10.5. The van der Waals surface area contributed by atoms with E-state index in [4.69, 9.17) is 0 Å². The summed E-state index contributed by atoms with van der Waals surface area (Å²) in [7, 11) is 0. The van der Waals surface area contributed by atoms with Crippen LogP contribution in [0.4, 0.5) is 27.8 Å². The molecule has 0 radical (unpaired) electrons. The van der Waals surface area contributed by atoms with Crippen LogP contribution >= 0.6 is 0 Å². The number of aromatic nitrogens is 5. The van der Waals surface area contributed by atoms with Crippen LogP contribution < -0.4 is 10.6 Å².